The molecule has 74 valence electrons. The molecule has 1 atom stereocenters. The molecule has 4 nitrogen and oxygen atoms in total. The largest absolute Gasteiger partial charge is 0.271 e. The van der Waals surface area contributed by atoms with Crippen LogP contribution in [0.2, 0.25) is 0 Å². The minimum atomic E-state index is -0.277. The lowest BCUT2D eigenvalue weighted by Gasteiger charge is -2.12. The highest BCUT2D eigenvalue weighted by atomic mass is 32.2. The summed E-state index contributed by atoms with van der Waals surface area (Å²) in [5.74, 6) is 0.270. The molecule has 1 unspecified atom stereocenters. The van der Waals surface area contributed by atoms with Gasteiger partial charge < -0.3 is 0 Å². The topological polar surface area (TPSA) is 54.1 Å². The molecule has 0 aromatic heterocycles. The van der Waals surface area contributed by atoms with E-state index in [-0.39, 0.29) is 11.8 Å². The van der Waals surface area contributed by atoms with E-state index in [1.54, 1.807) is 0 Å². The number of amides is 1. The van der Waals surface area contributed by atoms with Crippen LogP contribution in [0, 0.1) is 5.92 Å². The lowest BCUT2D eigenvalue weighted by molar-refractivity contribution is -0.118. The van der Waals surface area contributed by atoms with Crippen LogP contribution in [0.3, 0.4) is 0 Å². The Morgan fingerprint density at radius 2 is 2.21 bits per heavy atom. The second-order valence-corrected chi connectivity index (χ2v) is 4.11. The molecule has 0 aromatic carbocycles. The summed E-state index contributed by atoms with van der Waals surface area (Å²) in [6.07, 6.45) is 1.72. The first-order valence-electron chi connectivity index (χ1n) is 4.64. The standard InChI is InChI=1S/C9H11N3OS/c1-3-4-6-10-8(13)7-5(2)12-14-9(7)11-6/h7H,3-4H2,1-2H3. The van der Waals surface area contributed by atoms with E-state index in [0.29, 0.717) is 5.84 Å². The van der Waals surface area contributed by atoms with Crippen molar-refractivity contribution in [1.82, 2.24) is 0 Å². The SMILES string of the molecule is CCCC1=NC(=O)C2C(C)=NSC2=N1. The lowest BCUT2D eigenvalue weighted by Crippen LogP contribution is -2.28. The highest BCUT2D eigenvalue weighted by Gasteiger charge is 2.35. The molecule has 0 spiro atoms. The van der Waals surface area contributed by atoms with Gasteiger partial charge in [-0.15, -0.1) is 0 Å². The number of fused-ring (bicyclic) bond motifs is 1. The summed E-state index contributed by atoms with van der Waals surface area (Å²) >= 11 is 1.30. The van der Waals surface area contributed by atoms with Gasteiger partial charge in [-0.3, -0.25) is 4.79 Å². The van der Waals surface area contributed by atoms with Crippen LogP contribution in [-0.4, -0.2) is 22.5 Å². The molecular weight excluding hydrogens is 198 g/mol. The molecule has 0 aromatic rings. The van der Waals surface area contributed by atoms with Crippen molar-refractivity contribution in [3.8, 4) is 0 Å². The fraction of sp³-hybridized carbons (Fsp3) is 0.556. The second-order valence-electron chi connectivity index (χ2n) is 3.32. The van der Waals surface area contributed by atoms with E-state index in [4.69, 9.17) is 0 Å². The third kappa shape index (κ3) is 1.52. The zero-order chi connectivity index (χ0) is 10.1. The molecule has 0 radical (unpaired) electrons. The zero-order valence-electron chi connectivity index (χ0n) is 8.15. The van der Waals surface area contributed by atoms with E-state index in [1.165, 1.54) is 11.9 Å². The fourth-order valence-corrected chi connectivity index (χ4v) is 2.32. The van der Waals surface area contributed by atoms with Crippen LogP contribution in [0.1, 0.15) is 26.7 Å². The highest BCUT2D eigenvalue weighted by molar-refractivity contribution is 8.13. The van der Waals surface area contributed by atoms with Gasteiger partial charge in [0, 0.05) is 24.1 Å². The maximum Gasteiger partial charge on any atom is 0.262 e. The average Bonchev–Trinajstić information content (AvgIpc) is 2.48. The molecule has 0 bridgehead atoms. The number of rotatable bonds is 2. The Balaban J connectivity index is 2.26. The van der Waals surface area contributed by atoms with E-state index >= 15 is 0 Å². The van der Waals surface area contributed by atoms with Crippen LogP contribution in [0.5, 0.6) is 0 Å². The minimum Gasteiger partial charge on any atom is -0.271 e. The van der Waals surface area contributed by atoms with E-state index in [0.717, 1.165) is 23.6 Å². The van der Waals surface area contributed by atoms with Crippen molar-refractivity contribution in [2.75, 3.05) is 0 Å². The third-order valence-electron chi connectivity index (χ3n) is 2.15. The van der Waals surface area contributed by atoms with E-state index in [1.807, 2.05) is 13.8 Å². The van der Waals surface area contributed by atoms with Crippen molar-refractivity contribution in [3.63, 3.8) is 0 Å². The van der Waals surface area contributed by atoms with Crippen LogP contribution < -0.4 is 0 Å². The third-order valence-corrected chi connectivity index (χ3v) is 3.04. The van der Waals surface area contributed by atoms with Gasteiger partial charge in [0.1, 0.15) is 16.8 Å². The van der Waals surface area contributed by atoms with E-state index in [9.17, 15) is 4.79 Å². The molecule has 0 aliphatic carbocycles. The molecule has 0 fully saturated rings. The predicted octanol–water partition coefficient (Wildman–Crippen LogP) is 1.86. The number of nitrogens with zero attached hydrogens (tertiary/aromatic N) is 3. The average molecular weight is 209 g/mol. The number of hydrogen-bond donors (Lipinski definition) is 0. The summed E-state index contributed by atoms with van der Waals surface area (Å²) < 4.78 is 4.13. The van der Waals surface area contributed by atoms with Gasteiger partial charge in [-0.05, 0) is 13.3 Å². The number of aliphatic imine (C=N–C) groups is 2. The van der Waals surface area contributed by atoms with Crippen LogP contribution in [0.15, 0.2) is 14.4 Å². The Labute approximate surface area is 86.8 Å². The monoisotopic (exact) mass is 209 g/mol. The maximum atomic E-state index is 11.6. The predicted molar refractivity (Wildman–Crippen MR) is 59.0 cm³/mol. The molecular formula is C9H11N3OS. The highest BCUT2D eigenvalue weighted by Crippen LogP contribution is 2.29. The summed E-state index contributed by atoms with van der Waals surface area (Å²) in [6.45, 7) is 3.89. The fourth-order valence-electron chi connectivity index (χ4n) is 1.45. The molecule has 0 N–H and O–H groups in total. The van der Waals surface area contributed by atoms with Gasteiger partial charge in [0.15, 0.2) is 0 Å². The summed E-state index contributed by atoms with van der Waals surface area (Å²) in [5.41, 5.74) is 0.818. The summed E-state index contributed by atoms with van der Waals surface area (Å²) in [4.78, 5) is 19.9. The maximum absolute atomic E-state index is 11.6. The van der Waals surface area contributed by atoms with Gasteiger partial charge in [0.05, 0.1) is 0 Å². The molecule has 5 heteroatoms. The Kier molecular flexibility index (Phi) is 2.50. The van der Waals surface area contributed by atoms with Crippen LogP contribution in [0.4, 0.5) is 0 Å². The quantitative estimate of drug-likeness (QED) is 0.652. The molecule has 0 saturated heterocycles. The van der Waals surface area contributed by atoms with Crippen molar-refractivity contribution in [1.29, 1.82) is 0 Å². The van der Waals surface area contributed by atoms with Crippen molar-refractivity contribution in [2.45, 2.75) is 26.7 Å². The summed E-state index contributed by atoms with van der Waals surface area (Å²) in [6, 6.07) is 0. The van der Waals surface area contributed by atoms with Gasteiger partial charge in [-0.25, -0.2) is 9.39 Å². The Bertz CT molecular complexity index is 370. The molecule has 0 saturated carbocycles. The number of carbonyl (C=O) groups excluding carboxylic acids is 1. The molecule has 2 aliphatic rings. The Hall–Kier alpha value is -0.970. The number of amidine groups is 1. The van der Waals surface area contributed by atoms with Crippen molar-refractivity contribution < 1.29 is 4.79 Å². The Morgan fingerprint density at radius 3 is 2.93 bits per heavy atom. The van der Waals surface area contributed by atoms with Gasteiger partial charge in [0.25, 0.3) is 5.91 Å². The summed E-state index contributed by atoms with van der Waals surface area (Å²) in [7, 11) is 0. The van der Waals surface area contributed by atoms with E-state index in [2.05, 4.69) is 14.4 Å². The molecule has 2 aliphatic heterocycles. The van der Waals surface area contributed by atoms with Crippen molar-refractivity contribution in [2.24, 2.45) is 20.3 Å². The van der Waals surface area contributed by atoms with Gasteiger partial charge in [-0.1, -0.05) is 6.92 Å². The van der Waals surface area contributed by atoms with Gasteiger partial charge in [-0.2, -0.15) is 4.99 Å². The first-order chi connectivity index (χ1) is 6.72. The van der Waals surface area contributed by atoms with E-state index < -0.39 is 0 Å². The molecule has 14 heavy (non-hydrogen) atoms. The first kappa shape index (κ1) is 9.58. The first-order valence-corrected chi connectivity index (χ1v) is 5.41. The van der Waals surface area contributed by atoms with Crippen LogP contribution in [-0.2, 0) is 4.79 Å². The minimum absolute atomic E-state index is 0.107. The van der Waals surface area contributed by atoms with Crippen molar-refractivity contribution >= 4 is 34.4 Å². The van der Waals surface area contributed by atoms with Gasteiger partial charge >= 0.3 is 0 Å². The number of carbonyl (C=O) groups is 1. The normalized spacial score (nSPS) is 25.4. The van der Waals surface area contributed by atoms with Crippen LogP contribution >= 0.6 is 11.9 Å². The Morgan fingerprint density at radius 1 is 1.43 bits per heavy atom. The molecule has 1 amide bonds. The lowest BCUT2D eigenvalue weighted by atomic mass is 10.0. The molecule has 2 rings (SSSR count). The second kappa shape index (κ2) is 3.65. The van der Waals surface area contributed by atoms with Crippen molar-refractivity contribution in [3.05, 3.63) is 0 Å². The zero-order valence-corrected chi connectivity index (χ0v) is 8.97. The number of hydrogen-bond acceptors (Lipinski definition) is 4. The van der Waals surface area contributed by atoms with Crippen LogP contribution in [0.25, 0.3) is 0 Å². The molecule has 2 heterocycles. The van der Waals surface area contributed by atoms with Gasteiger partial charge in [0.2, 0.25) is 0 Å². The summed E-state index contributed by atoms with van der Waals surface area (Å²) in [5, 5.41) is 0.797. The smallest absolute Gasteiger partial charge is 0.262 e.